The average Bonchev–Trinajstić information content (AvgIpc) is 2.35. The molecule has 0 radical (unpaired) electrons. The highest BCUT2D eigenvalue weighted by Gasteiger charge is 2.16. The van der Waals surface area contributed by atoms with E-state index >= 15 is 0 Å². The predicted octanol–water partition coefficient (Wildman–Crippen LogP) is 2.55. The van der Waals surface area contributed by atoms with Gasteiger partial charge in [-0.25, -0.2) is 4.39 Å². The SMILES string of the molecule is CCCN(c1ccc(F)cc1C(N)=NO)C(C)C. The lowest BCUT2D eigenvalue weighted by Crippen LogP contribution is -2.33. The van der Waals surface area contributed by atoms with Crippen molar-refractivity contribution in [3.63, 3.8) is 0 Å². The quantitative estimate of drug-likeness (QED) is 0.367. The molecule has 5 heteroatoms. The first kappa shape index (κ1) is 14.3. The number of benzene rings is 1. The molecule has 0 aliphatic heterocycles. The molecule has 3 N–H and O–H groups in total. The van der Waals surface area contributed by atoms with Gasteiger partial charge in [0, 0.05) is 23.8 Å². The van der Waals surface area contributed by atoms with E-state index in [2.05, 4.69) is 30.8 Å². The molecule has 100 valence electrons. The Balaban J connectivity index is 3.28. The second kappa shape index (κ2) is 6.23. The molecule has 0 aliphatic rings. The van der Waals surface area contributed by atoms with Crippen molar-refractivity contribution >= 4 is 11.5 Å². The van der Waals surface area contributed by atoms with Gasteiger partial charge in [-0.1, -0.05) is 12.1 Å². The Kier molecular flexibility index (Phi) is 4.95. The normalized spacial score (nSPS) is 11.9. The van der Waals surface area contributed by atoms with E-state index in [0.29, 0.717) is 5.56 Å². The minimum atomic E-state index is -0.402. The number of hydrogen-bond acceptors (Lipinski definition) is 3. The van der Waals surface area contributed by atoms with Gasteiger partial charge in [0.15, 0.2) is 5.84 Å². The number of rotatable bonds is 5. The van der Waals surface area contributed by atoms with Gasteiger partial charge in [0.25, 0.3) is 0 Å². The first-order valence-corrected chi connectivity index (χ1v) is 6.05. The number of hydrogen-bond donors (Lipinski definition) is 2. The number of nitrogens with two attached hydrogens (primary N) is 1. The van der Waals surface area contributed by atoms with Crippen LogP contribution in [-0.2, 0) is 0 Å². The Morgan fingerprint density at radius 1 is 1.50 bits per heavy atom. The fourth-order valence-corrected chi connectivity index (χ4v) is 1.92. The van der Waals surface area contributed by atoms with Crippen LogP contribution in [0.3, 0.4) is 0 Å². The first-order valence-electron chi connectivity index (χ1n) is 6.05. The molecule has 0 saturated carbocycles. The van der Waals surface area contributed by atoms with Crippen LogP contribution in [0.2, 0.25) is 0 Å². The van der Waals surface area contributed by atoms with Crippen LogP contribution in [-0.4, -0.2) is 23.6 Å². The predicted molar refractivity (Wildman–Crippen MR) is 71.7 cm³/mol. The van der Waals surface area contributed by atoms with Crippen molar-refractivity contribution in [3.05, 3.63) is 29.6 Å². The summed E-state index contributed by atoms with van der Waals surface area (Å²) in [6.07, 6.45) is 0.963. The summed E-state index contributed by atoms with van der Waals surface area (Å²) in [7, 11) is 0. The van der Waals surface area contributed by atoms with E-state index in [0.717, 1.165) is 18.7 Å². The molecule has 0 aliphatic carbocycles. The molecular weight excluding hydrogens is 233 g/mol. The molecule has 18 heavy (non-hydrogen) atoms. The van der Waals surface area contributed by atoms with Crippen LogP contribution in [0, 0.1) is 5.82 Å². The summed E-state index contributed by atoms with van der Waals surface area (Å²) >= 11 is 0. The average molecular weight is 253 g/mol. The van der Waals surface area contributed by atoms with Crippen LogP contribution < -0.4 is 10.6 Å². The van der Waals surface area contributed by atoms with E-state index in [1.807, 2.05) is 0 Å². The maximum Gasteiger partial charge on any atom is 0.172 e. The van der Waals surface area contributed by atoms with Gasteiger partial charge in [-0.3, -0.25) is 0 Å². The minimum absolute atomic E-state index is 0.0775. The summed E-state index contributed by atoms with van der Waals surface area (Å²) in [6.45, 7) is 7.00. The largest absolute Gasteiger partial charge is 0.409 e. The Bertz CT molecular complexity index is 432. The lowest BCUT2D eigenvalue weighted by atomic mass is 10.1. The molecular formula is C13H20FN3O. The van der Waals surface area contributed by atoms with Gasteiger partial charge < -0.3 is 15.8 Å². The van der Waals surface area contributed by atoms with Gasteiger partial charge in [-0.05, 0) is 38.5 Å². The smallest absolute Gasteiger partial charge is 0.172 e. The van der Waals surface area contributed by atoms with Crippen LogP contribution in [0.4, 0.5) is 10.1 Å². The van der Waals surface area contributed by atoms with E-state index in [9.17, 15) is 4.39 Å². The molecule has 1 aromatic carbocycles. The van der Waals surface area contributed by atoms with E-state index in [-0.39, 0.29) is 11.9 Å². The maximum absolute atomic E-state index is 13.3. The van der Waals surface area contributed by atoms with E-state index in [1.54, 1.807) is 6.07 Å². The molecule has 0 fully saturated rings. The van der Waals surface area contributed by atoms with Crippen LogP contribution in [0.1, 0.15) is 32.8 Å². The van der Waals surface area contributed by atoms with Crippen LogP contribution in [0.5, 0.6) is 0 Å². The Morgan fingerprint density at radius 3 is 2.67 bits per heavy atom. The number of nitrogens with zero attached hydrogens (tertiary/aromatic N) is 2. The highest BCUT2D eigenvalue weighted by atomic mass is 19.1. The van der Waals surface area contributed by atoms with Crippen molar-refractivity contribution in [1.82, 2.24) is 0 Å². The van der Waals surface area contributed by atoms with Gasteiger partial charge >= 0.3 is 0 Å². The third-order valence-electron chi connectivity index (χ3n) is 2.74. The number of oxime groups is 1. The zero-order valence-electron chi connectivity index (χ0n) is 11.0. The van der Waals surface area contributed by atoms with Crippen molar-refractivity contribution in [3.8, 4) is 0 Å². The van der Waals surface area contributed by atoms with Crippen molar-refractivity contribution in [2.24, 2.45) is 10.9 Å². The molecule has 0 heterocycles. The third-order valence-corrected chi connectivity index (χ3v) is 2.74. The van der Waals surface area contributed by atoms with Crippen LogP contribution in [0.15, 0.2) is 23.4 Å². The Morgan fingerprint density at radius 2 is 2.17 bits per heavy atom. The van der Waals surface area contributed by atoms with Gasteiger partial charge in [0.05, 0.1) is 0 Å². The van der Waals surface area contributed by atoms with E-state index in [4.69, 9.17) is 10.9 Å². The number of anilines is 1. The van der Waals surface area contributed by atoms with E-state index < -0.39 is 5.82 Å². The van der Waals surface area contributed by atoms with Crippen molar-refractivity contribution in [2.45, 2.75) is 33.2 Å². The highest BCUT2D eigenvalue weighted by molar-refractivity contribution is 6.02. The lowest BCUT2D eigenvalue weighted by molar-refractivity contribution is 0.318. The summed E-state index contributed by atoms with van der Waals surface area (Å²) in [5, 5.41) is 11.7. The summed E-state index contributed by atoms with van der Waals surface area (Å²) < 4.78 is 13.3. The van der Waals surface area contributed by atoms with Crippen molar-refractivity contribution in [2.75, 3.05) is 11.4 Å². The zero-order chi connectivity index (χ0) is 13.7. The monoisotopic (exact) mass is 253 g/mol. The fraction of sp³-hybridized carbons (Fsp3) is 0.462. The topological polar surface area (TPSA) is 61.8 Å². The van der Waals surface area contributed by atoms with Crippen molar-refractivity contribution < 1.29 is 9.60 Å². The number of halogens is 1. The maximum atomic E-state index is 13.3. The standard InChI is InChI=1S/C13H20FN3O/c1-4-7-17(9(2)3)12-6-5-10(14)8-11(12)13(15)16-18/h5-6,8-9,18H,4,7H2,1-3H3,(H2,15,16). The van der Waals surface area contributed by atoms with Gasteiger partial charge in [-0.2, -0.15) is 0 Å². The Hall–Kier alpha value is -1.78. The molecule has 0 aromatic heterocycles. The summed E-state index contributed by atoms with van der Waals surface area (Å²) in [6, 6.07) is 4.59. The second-order valence-electron chi connectivity index (χ2n) is 4.43. The fourth-order valence-electron chi connectivity index (χ4n) is 1.92. The molecule has 0 unspecified atom stereocenters. The zero-order valence-corrected chi connectivity index (χ0v) is 11.0. The van der Waals surface area contributed by atoms with E-state index in [1.165, 1.54) is 12.1 Å². The van der Waals surface area contributed by atoms with Gasteiger partial charge in [0.1, 0.15) is 5.82 Å². The second-order valence-corrected chi connectivity index (χ2v) is 4.43. The van der Waals surface area contributed by atoms with Gasteiger partial charge in [0.2, 0.25) is 0 Å². The lowest BCUT2D eigenvalue weighted by Gasteiger charge is -2.30. The summed E-state index contributed by atoms with van der Waals surface area (Å²) in [5.74, 6) is -0.480. The molecule has 0 spiro atoms. The van der Waals surface area contributed by atoms with Gasteiger partial charge in [-0.15, -0.1) is 0 Å². The molecule has 0 bridgehead atoms. The molecule has 1 rings (SSSR count). The summed E-state index contributed by atoms with van der Waals surface area (Å²) in [5.41, 5.74) is 6.80. The molecule has 1 aromatic rings. The minimum Gasteiger partial charge on any atom is -0.409 e. The number of amidine groups is 1. The highest BCUT2D eigenvalue weighted by Crippen LogP contribution is 2.24. The van der Waals surface area contributed by atoms with Crippen molar-refractivity contribution in [1.29, 1.82) is 0 Å². The Labute approximate surface area is 107 Å². The first-order chi connectivity index (χ1) is 8.51. The van der Waals surface area contributed by atoms with Crippen LogP contribution in [0.25, 0.3) is 0 Å². The summed E-state index contributed by atoms with van der Waals surface area (Å²) in [4.78, 5) is 2.10. The molecule has 0 saturated heterocycles. The third kappa shape index (κ3) is 3.12. The molecule has 0 atom stereocenters. The molecule has 4 nitrogen and oxygen atoms in total. The van der Waals surface area contributed by atoms with Crippen LogP contribution >= 0.6 is 0 Å². The molecule has 0 amide bonds.